The van der Waals surface area contributed by atoms with Gasteiger partial charge in [-0.05, 0) is 114 Å². The van der Waals surface area contributed by atoms with Crippen molar-refractivity contribution in [3.8, 4) is 0 Å². The molecular weight excluding hydrogens is 592 g/mol. The van der Waals surface area contributed by atoms with E-state index in [2.05, 4.69) is 91.8 Å². The second-order valence-electron chi connectivity index (χ2n) is 14.6. The Morgan fingerprint density at radius 3 is 1.31 bits per heavy atom. The first-order valence-corrected chi connectivity index (χ1v) is 17.4. The molecule has 48 heavy (non-hydrogen) atoms. The van der Waals surface area contributed by atoms with Crippen molar-refractivity contribution in [2.24, 2.45) is 10.8 Å². The molecule has 0 radical (unpaired) electrons. The van der Waals surface area contributed by atoms with Gasteiger partial charge < -0.3 is 9.47 Å². The van der Waals surface area contributed by atoms with E-state index in [1.165, 1.54) is 72.0 Å². The second-order valence-corrected chi connectivity index (χ2v) is 14.6. The molecule has 2 rings (SSSR count). The maximum atomic E-state index is 12.0. The zero-order valence-electron chi connectivity index (χ0n) is 31.4. The van der Waals surface area contributed by atoms with Gasteiger partial charge in [0.15, 0.2) is 0 Å². The van der Waals surface area contributed by atoms with Gasteiger partial charge in [0.1, 0.15) is 13.2 Å². The topological polar surface area (TPSA) is 52.6 Å². The van der Waals surface area contributed by atoms with Crippen LogP contribution < -0.4 is 0 Å². The number of esters is 2. The van der Waals surface area contributed by atoms with Gasteiger partial charge in [-0.1, -0.05) is 122 Å². The van der Waals surface area contributed by atoms with Gasteiger partial charge in [-0.25, -0.2) is 9.59 Å². The van der Waals surface area contributed by atoms with Crippen LogP contribution in [0, 0.1) is 10.8 Å². The Morgan fingerprint density at radius 1 is 0.583 bits per heavy atom. The fourth-order valence-electron chi connectivity index (χ4n) is 6.14. The molecule has 0 N–H and O–H groups in total. The van der Waals surface area contributed by atoms with Crippen LogP contribution >= 0.6 is 0 Å². The molecule has 2 aliphatic rings. The predicted molar refractivity (Wildman–Crippen MR) is 203 cm³/mol. The first-order chi connectivity index (χ1) is 22.6. The van der Waals surface area contributed by atoms with Crippen molar-refractivity contribution >= 4 is 11.9 Å². The van der Waals surface area contributed by atoms with Gasteiger partial charge in [0.25, 0.3) is 0 Å². The molecule has 0 spiro atoms. The van der Waals surface area contributed by atoms with Crippen LogP contribution in [0.2, 0.25) is 0 Å². The van der Waals surface area contributed by atoms with E-state index in [4.69, 9.17) is 9.47 Å². The van der Waals surface area contributed by atoms with Crippen LogP contribution in [0.15, 0.2) is 130 Å². The van der Waals surface area contributed by atoms with Crippen molar-refractivity contribution in [2.75, 3.05) is 13.2 Å². The molecule has 2 aliphatic carbocycles. The lowest BCUT2D eigenvalue weighted by molar-refractivity contribution is -0.139. The van der Waals surface area contributed by atoms with Crippen LogP contribution in [0.5, 0.6) is 0 Å². The van der Waals surface area contributed by atoms with Crippen molar-refractivity contribution < 1.29 is 19.1 Å². The number of allylic oxidation sites excluding steroid dienone is 18. The normalized spacial score (nSPS) is 20.0. The molecule has 0 aromatic carbocycles. The highest BCUT2D eigenvalue weighted by molar-refractivity contribution is 5.91. The third kappa shape index (κ3) is 14.9. The standard InChI is InChI=1S/C44H60O4/c1-33(21-23-39-37(5)19-13-29-43(39,7)8)15-11-17-35(3)27-31-47-41(45)25-26-42(46)48-32-28-36(4)18-12-16-34(2)22-24-40-38(6)20-14-30-44(40,9)10/h11-12,15-18,21-28H,13-14,19-20,29-32H2,1-10H3. The van der Waals surface area contributed by atoms with Crippen LogP contribution in [0.4, 0.5) is 0 Å². The molecule has 0 aromatic rings. The predicted octanol–water partition coefficient (Wildman–Crippen LogP) is 11.7. The van der Waals surface area contributed by atoms with Crippen LogP contribution in [0.1, 0.15) is 108 Å². The molecule has 0 unspecified atom stereocenters. The molecule has 0 heterocycles. The van der Waals surface area contributed by atoms with Gasteiger partial charge in [-0.15, -0.1) is 0 Å². The minimum absolute atomic E-state index is 0.118. The molecular formula is C44H60O4. The largest absolute Gasteiger partial charge is 0.458 e. The van der Waals surface area contributed by atoms with E-state index in [0.717, 1.165) is 23.3 Å². The van der Waals surface area contributed by atoms with Crippen molar-refractivity contribution in [3.05, 3.63) is 130 Å². The molecule has 260 valence electrons. The summed E-state index contributed by atoms with van der Waals surface area (Å²) < 4.78 is 10.4. The molecule has 4 heteroatoms. The van der Waals surface area contributed by atoms with E-state index in [-0.39, 0.29) is 24.0 Å². The number of carbonyl (C=O) groups excluding carboxylic acids is 2. The van der Waals surface area contributed by atoms with Crippen LogP contribution in [-0.2, 0) is 19.1 Å². The van der Waals surface area contributed by atoms with E-state index < -0.39 is 11.9 Å². The Morgan fingerprint density at radius 2 is 0.958 bits per heavy atom. The van der Waals surface area contributed by atoms with E-state index >= 15 is 0 Å². The number of hydrogen-bond acceptors (Lipinski definition) is 4. The SMILES string of the molecule is CC(C=CC1=C(C)CCCC1(C)C)=CC=CC(C)=CCOC(=O)C=CC(=O)OCC=C(C)C=CC=C(C)C=CC1=C(C)CCCC1(C)C. The molecule has 0 saturated carbocycles. The fourth-order valence-corrected chi connectivity index (χ4v) is 6.14. The quantitative estimate of drug-likeness (QED) is 0.106. The smallest absolute Gasteiger partial charge is 0.331 e. The highest BCUT2D eigenvalue weighted by atomic mass is 16.5. The summed E-state index contributed by atoms with van der Waals surface area (Å²) in [6.07, 6.45) is 34.2. The lowest BCUT2D eigenvalue weighted by Crippen LogP contribution is -2.19. The summed E-state index contributed by atoms with van der Waals surface area (Å²) in [6, 6.07) is 0. The minimum atomic E-state index is -0.597. The van der Waals surface area contributed by atoms with E-state index in [9.17, 15) is 9.59 Å². The highest BCUT2D eigenvalue weighted by Gasteiger charge is 2.27. The lowest BCUT2D eigenvalue weighted by atomic mass is 9.72. The first-order valence-electron chi connectivity index (χ1n) is 17.4. The molecule has 0 aromatic heterocycles. The molecule has 0 aliphatic heterocycles. The zero-order chi connectivity index (χ0) is 35.7. The van der Waals surface area contributed by atoms with Crippen LogP contribution in [0.3, 0.4) is 0 Å². The Kier molecular flexibility index (Phi) is 16.6. The Balaban J connectivity index is 1.73. The molecule has 0 bridgehead atoms. The van der Waals surface area contributed by atoms with E-state index in [1.807, 2.05) is 50.3 Å². The maximum absolute atomic E-state index is 12.0. The zero-order valence-corrected chi connectivity index (χ0v) is 31.4. The van der Waals surface area contributed by atoms with E-state index in [0.29, 0.717) is 0 Å². The van der Waals surface area contributed by atoms with Crippen LogP contribution in [-0.4, -0.2) is 25.2 Å². The molecule has 0 fully saturated rings. The highest BCUT2D eigenvalue weighted by Crippen LogP contribution is 2.41. The van der Waals surface area contributed by atoms with E-state index in [1.54, 1.807) is 0 Å². The molecule has 0 saturated heterocycles. The van der Waals surface area contributed by atoms with Gasteiger partial charge in [-0.2, -0.15) is 0 Å². The van der Waals surface area contributed by atoms with Crippen molar-refractivity contribution in [1.29, 1.82) is 0 Å². The van der Waals surface area contributed by atoms with Crippen molar-refractivity contribution in [1.82, 2.24) is 0 Å². The van der Waals surface area contributed by atoms with Gasteiger partial charge in [0.05, 0.1) is 0 Å². The van der Waals surface area contributed by atoms with Crippen molar-refractivity contribution in [3.63, 3.8) is 0 Å². The average Bonchev–Trinajstić information content (AvgIpc) is 2.99. The van der Waals surface area contributed by atoms with Crippen LogP contribution in [0.25, 0.3) is 0 Å². The summed E-state index contributed by atoms with van der Waals surface area (Å²) in [5, 5.41) is 0. The van der Waals surface area contributed by atoms with Crippen molar-refractivity contribution in [2.45, 2.75) is 108 Å². The summed E-state index contributed by atoms with van der Waals surface area (Å²) in [6.45, 7) is 22.1. The molecule has 0 atom stereocenters. The minimum Gasteiger partial charge on any atom is -0.458 e. The summed E-state index contributed by atoms with van der Waals surface area (Å²) in [5.41, 5.74) is 10.6. The summed E-state index contributed by atoms with van der Waals surface area (Å²) in [4.78, 5) is 24.0. The van der Waals surface area contributed by atoms with Gasteiger partial charge in [0.2, 0.25) is 0 Å². The Labute approximate surface area is 291 Å². The number of hydrogen-bond donors (Lipinski definition) is 0. The first kappa shape index (κ1) is 40.3. The monoisotopic (exact) mass is 652 g/mol. The number of rotatable bonds is 14. The molecule has 0 amide bonds. The molecule has 4 nitrogen and oxygen atoms in total. The third-order valence-corrected chi connectivity index (χ3v) is 9.16. The Bertz CT molecular complexity index is 1370. The number of ether oxygens (including phenoxy) is 2. The lowest BCUT2D eigenvalue weighted by Gasteiger charge is -2.33. The summed E-state index contributed by atoms with van der Waals surface area (Å²) in [7, 11) is 0. The second kappa shape index (κ2) is 19.8. The summed E-state index contributed by atoms with van der Waals surface area (Å²) in [5.74, 6) is -1.19. The maximum Gasteiger partial charge on any atom is 0.331 e. The Hall–Kier alpha value is -3.92. The third-order valence-electron chi connectivity index (χ3n) is 9.16. The number of carbonyl (C=O) groups is 2. The van der Waals surface area contributed by atoms with Gasteiger partial charge in [0, 0.05) is 12.2 Å². The van der Waals surface area contributed by atoms with Gasteiger partial charge >= 0.3 is 11.9 Å². The van der Waals surface area contributed by atoms with Gasteiger partial charge in [-0.3, -0.25) is 0 Å². The summed E-state index contributed by atoms with van der Waals surface area (Å²) >= 11 is 0. The average molecular weight is 653 g/mol. The fraction of sp³-hybridized carbons (Fsp3) is 0.455.